The first kappa shape index (κ1) is 36.0. The summed E-state index contributed by atoms with van der Waals surface area (Å²) in [6.45, 7) is 1.31. The fourth-order valence-corrected chi connectivity index (χ4v) is 5.61. The largest absolute Gasteiger partial charge is 0.497 e. The number of rotatable bonds is 19. The fraction of sp³-hybridized carbons (Fsp3) is 0.368. The molecule has 4 aromatic carbocycles. The van der Waals surface area contributed by atoms with E-state index in [1.54, 1.807) is 56.9 Å². The molecule has 0 aliphatic rings. The Morgan fingerprint density at radius 3 is 0.812 bits per heavy atom. The first-order valence-corrected chi connectivity index (χ1v) is 15.7. The van der Waals surface area contributed by atoms with Gasteiger partial charge in [-0.15, -0.1) is 0 Å². The molecule has 10 nitrogen and oxygen atoms in total. The van der Waals surface area contributed by atoms with Crippen LogP contribution in [0.5, 0.6) is 46.0 Å². The van der Waals surface area contributed by atoms with Gasteiger partial charge < -0.3 is 48.5 Å². The van der Waals surface area contributed by atoms with Crippen LogP contribution >= 0.6 is 0 Å². The molecule has 0 spiro atoms. The van der Waals surface area contributed by atoms with Crippen molar-refractivity contribution in [2.45, 2.75) is 24.9 Å². The van der Waals surface area contributed by atoms with Crippen molar-refractivity contribution in [1.82, 2.24) is 10.6 Å². The van der Waals surface area contributed by atoms with Crippen molar-refractivity contribution < 1.29 is 37.9 Å². The van der Waals surface area contributed by atoms with E-state index >= 15 is 0 Å². The molecule has 0 fully saturated rings. The molecule has 4 rings (SSSR count). The molecular formula is C38H48N2O8. The van der Waals surface area contributed by atoms with E-state index in [-0.39, 0.29) is 12.1 Å². The fourth-order valence-electron chi connectivity index (χ4n) is 5.61. The van der Waals surface area contributed by atoms with Gasteiger partial charge in [0.2, 0.25) is 0 Å². The van der Waals surface area contributed by atoms with Gasteiger partial charge in [-0.2, -0.15) is 0 Å². The van der Waals surface area contributed by atoms with Gasteiger partial charge in [-0.1, -0.05) is 0 Å². The summed E-state index contributed by atoms with van der Waals surface area (Å²) in [5.74, 6) is 5.82. The highest BCUT2D eigenvalue weighted by Crippen LogP contribution is 2.32. The van der Waals surface area contributed by atoms with Crippen molar-refractivity contribution in [2.75, 3.05) is 70.0 Å². The van der Waals surface area contributed by atoms with Gasteiger partial charge in [0, 0.05) is 49.4 Å². The number of ether oxygens (including phenoxy) is 8. The predicted octanol–water partition coefficient (Wildman–Crippen LogP) is 6.20. The van der Waals surface area contributed by atoms with Crippen molar-refractivity contribution in [3.05, 3.63) is 95.1 Å². The Labute approximate surface area is 284 Å². The summed E-state index contributed by atoms with van der Waals surface area (Å²) in [5.41, 5.74) is 4.19. The molecule has 0 heterocycles. The number of methoxy groups -OCH3 is 8. The van der Waals surface area contributed by atoms with Crippen LogP contribution in [0.25, 0.3) is 0 Å². The Morgan fingerprint density at radius 1 is 0.354 bits per heavy atom. The number of hydrogen-bond donors (Lipinski definition) is 2. The molecule has 0 saturated carbocycles. The molecule has 10 heteroatoms. The van der Waals surface area contributed by atoms with Gasteiger partial charge in [0.1, 0.15) is 46.0 Å². The molecule has 4 aromatic rings. The lowest BCUT2D eigenvalue weighted by Crippen LogP contribution is -2.34. The lowest BCUT2D eigenvalue weighted by Gasteiger charge is -2.24. The molecule has 0 saturated heterocycles. The maximum atomic E-state index is 5.61. The summed E-state index contributed by atoms with van der Waals surface area (Å²) >= 11 is 0. The Bertz CT molecular complexity index is 1400. The zero-order valence-corrected chi connectivity index (χ0v) is 29.2. The number of nitrogens with one attached hydrogen (secondary N) is 2. The summed E-state index contributed by atoms with van der Waals surface area (Å²) in [6.07, 6.45) is 1.34. The highest BCUT2D eigenvalue weighted by atomic mass is 16.5. The molecule has 0 bridgehead atoms. The first-order valence-electron chi connectivity index (χ1n) is 15.7. The van der Waals surface area contributed by atoms with E-state index in [4.69, 9.17) is 37.9 Å². The van der Waals surface area contributed by atoms with Crippen LogP contribution in [0.3, 0.4) is 0 Å². The molecule has 2 atom stereocenters. The van der Waals surface area contributed by atoms with Crippen molar-refractivity contribution in [3.8, 4) is 46.0 Å². The van der Waals surface area contributed by atoms with Crippen molar-refractivity contribution in [3.63, 3.8) is 0 Å². The second kappa shape index (κ2) is 17.9. The number of hydrogen-bond acceptors (Lipinski definition) is 10. The molecule has 2 N–H and O–H groups in total. The van der Waals surface area contributed by atoms with E-state index in [9.17, 15) is 0 Å². The highest BCUT2D eigenvalue weighted by Gasteiger charge is 2.19. The predicted molar refractivity (Wildman–Crippen MR) is 187 cm³/mol. The molecule has 0 aliphatic heterocycles. The minimum atomic E-state index is -0.0781. The van der Waals surface area contributed by atoms with E-state index in [0.29, 0.717) is 25.9 Å². The van der Waals surface area contributed by atoms with Crippen LogP contribution in [0, 0.1) is 0 Å². The average Bonchev–Trinajstić information content (AvgIpc) is 3.14. The van der Waals surface area contributed by atoms with Gasteiger partial charge in [-0.05, 0) is 83.6 Å². The van der Waals surface area contributed by atoms with Gasteiger partial charge in [0.25, 0.3) is 0 Å². The Kier molecular flexibility index (Phi) is 13.5. The Morgan fingerprint density at radius 2 is 0.583 bits per heavy atom. The van der Waals surface area contributed by atoms with Crippen LogP contribution in [-0.2, 0) is 12.8 Å². The van der Waals surface area contributed by atoms with Gasteiger partial charge in [0.15, 0.2) is 0 Å². The first-order chi connectivity index (χ1) is 23.3. The summed E-state index contributed by atoms with van der Waals surface area (Å²) < 4.78 is 44.6. The summed E-state index contributed by atoms with van der Waals surface area (Å²) in [7, 11) is 13.2. The van der Waals surface area contributed by atoms with Crippen LogP contribution in [0.15, 0.2) is 72.8 Å². The lowest BCUT2D eigenvalue weighted by atomic mass is 9.97. The zero-order chi connectivity index (χ0) is 34.5. The maximum absolute atomic E-state index is 5.61. The number of benzene rings is 4. The third kappa shape index (κ3) is 9.85. The van der Waals surface area contributed by atoms with Crippen LogP contribution in [0.1, 0.15) is 34.3 Å². The van der Waals surface area contributed by atoms with Crippen molar-refractivity contribution in [1.29, 1.82) is 0 Å². The SMILES string of the molecule is COc1cc(CC(NCCNC(Cc2cc(OC)cc(OC)c2)c2cc(OC)cc(OC)c2)c2cc(OC)cc(OC)c2)cc(OC)c1. The van der Waals surface area contributed by atoms with Gasteiger partial charge in [-0.3, -0.25) is 0 Å². The quantitative estimate of drug-likeness (QED) is 0.113. The molecule has 258 valence electrons. The van der Waals surface area contributed by atoms with E-state index in [2.05, 4.69) is 10.6 Å². The average molecular weight is 661 g/mol. The molecule has 2 unspecified atom stereocenters. The molecular weight excluding hydrogens is 612 g/mol. The standard InChI is InChI=1S/C38H48N2O8/c1-41-29-11-25(12-30(21-29)42-2)15-37(27-17-33(45-5)23-34(18-27)46-6)39-9-10-40-38(28-19-35(47-7)24-36(20-28)48-8)16-26-13-31(43-3)22-32(14-26)44-4/h11-14,17-24,37-40H,9-10,15-16H2,1-8H3. The lowest BCUT2D eigenvalue weighted by molar-refractivity contribution is 0.387. The van der Waals surface area contributed by atoms with Crippen LogP contribution in [-0.4, -0.2) is 70.0 Å². The molecule has 0 aromatic heterocycles. The van der Waals surface area contributed by atoms with Crippen LogP contribution in [0.4, 0.5) is 0 Å². The summed E-state index contributed by atoms with van der Waals surface area (Å²) in [4.78, 5) is 0. The third-order valence-electron chi connectivity index (χ3n) is 8.16. The Hall–Kier alpha value is -4.80. The smallest absolute Gasteiger partial charge is 0.122 e. The molecule has 0 aliphatic carbocycles. The zero-order valence-electron chi connectivity index (χ0n) is 29.2. The van der Waals surface area contributed by atoms with E-state index in [1.165, 1.54) is 0 Å². The second-order valence-corrected chi connectivity index (χ2v) is 11.2. The Balaban J connectivity index is 1.61. The maximum Gasteiger partial charge on any atom is 0.122 e. The van der Waals surface area contributed by atoms with Crippen molar-refractivity contribution in [2.24, 2.45) is 0 Å². The van der Waals surface area contributed by atoms with Gasteiger partial charge in [0.05, 0.1) is 56.9 Å². The topological polar surface area (TPSA) is 97.9 Å². The van der Waals surface area contributed by atoms with Crippen LogP contribution < -0.4 is 48.5 Å². The van der Waals surface area contributed by atoms with Crippen molar-refractivity contribution >= 4 is 0 Å². The third-order valence-corrected chi connectivity index (χ3v) is 8.16. The summed E-state index contributed by atoms with van der Waals surface area (Å²) in [5, 5.41) is 7.54. The molecule has 0 radical (unpaired) electrons. The van der Waals surface area contributed by atoms with Crippen LogP contribution in [0.2, 0.25) is 0 Å². The summed E-state index contributed by atoms with van der Waals surface area (Å²) in [6, 6.07) is 23.6. The van der Waals surface area contributed by atoms with E-state index in [1.807, 2.05) is 72.8 Å². The highest BCUT2D eigenvalue weighted by molar-refractivity contribution is 5.44. The van der Waals surface area contributed by atoms with Gasteiger partial charge >= 0.3 is 0 Å². The van der Waals surface area contributed by atoms with E-state index < -0.39 is 0 Å². The molecule has 48 heavy (non-hydrogen) atoms. The molecule has 0 amide bonds. The minimum absolute atomic E-state index is 0.0781. The second-order valence-electron chi connectivity index (χ2n) is 11.2. The van der Waals surface area contributed by atoms with Gasteiger partial charge in [-0.25, -0.2) is 0 Å². The minimum Gasteiger partial charge on any atom is -0.497 e. The van der Waals surface area contributed by atoms with E-state index in [0.717, 1.165) is 68.2 Å². The monoisotopic (exact) mass is 660 g/mol. The normalized spacial score (nSPS) is 12.1.